The van der Waals surface area contributed by atoms with Crippen molar-refractivity contribution in [1.82, 2.24) is 5.43 Å². The summed E-state index contributed by atoms with van der Waals surface area (Å²) < 4.78 is 18.5. The molecule has 1 N–H and O–H groups in total. The Morgan fingerprint density at radius 3 is 2.55 bits per heavy atom. The number of nitrogens with zero attached hydrogens (tertiary/aromatic N) is 1. The van der Waals surface area contributed by atoms with Crippen molar-refractivity contribution in [3.8, 4) is 17.2 Å². The summed E-state index contributed by atoms with van der Waals surface area (Å²) in [5, 5.41) is 4.72. The fourth-order valence-corrected chi connectivity index (χ4v) is 4.80. The molecule has 1 heterocycles. The summed E-state index contributed by atoms with van der Waals surface area (Å²) in [4.78, 5) is 12.3. The van der Waals surface area contributed by atoms with Gasteiger partial charge in [0.25, 0.3) is 0 Å². The molecular formula is C24H19Br2ClN2O4. The van der Waals surface area contributed by atoms with Crippen LogP contribution < -0.4 is 19.6 Å². The predicted octanol–water partition coefficient (Wildman–Crippen LogP) is 5.91. The Balaban J connectivity index is 1.34. The van der Waals surface area contributed by atoms with Crippen molar-refractivity contribution in [3.63, 3.8) is 0 Å². The Morgan fingerprint density at radius 1 is 1.06 bits per heavy atom. The summed E-state index contributed by atoms with van der Waals surface area (Å²) in [6.45, 7) is 1.37. The van der Waals surface area contributed by atoms with Gasteiger partial charge in [-0.05, 0) is 73.3 Å². The van der Waals surface area contributed by atoms with Gasteiger partial charge in [0.15, 0.2) is 11.5 Å². The van der Waals surface area contributed by atoms with E-state index in [4.69, 9.17) is 25.8 Å². The topological polar surface area (TPSA) is 69.2 Å². The summed E-state index contributed by atoms with van der Waals surface area (Å²) in [7, 11) is 0. The van der Waals surface area contributed by atoms with E-state index in [1.54, 1.807) is 6.21 Å². The second-order valence-corrected chi connectivity index (χ2v) is 9.26. The Bertz CT molecular complexity index is 1180. The van der Waals surface area contributed by atoms with Crippen molar-refractivity contribution >= 4 is 55.6 Å². The zero-order valence-electron chi connectivity index (χ0n) is 17.3. The molecule has 170 valence electrons. The van der Waals surface area contributed by atoms with Gasteiger partial charge < -0.3 is 14.2 Å². The number of fused-ring (bicyclic) bond motifs is 1. The molecule has 0 unspecified atom stereocenters. The number of nitrogens with one attached hydrogen (secondary N) is 1. The van der Waals surface area contributed by atoms with E-state index in [1.807, 2.05) is 54.6 Å². The van der Waals surface area contributed by atoms with Crippen LogP contribution in [0.1, 0.15) is 16.7 Å². The molecule has 4 rings (SSSR count). The zero-order valence-corrected chi connectivity index (χ0v) is 21.2. The largest absolute Gasteiger partial charge is 0.486 e. The predicted molar refractivity (Wildman–Crippen MR) is 134 cm³/mol. The molecule has 1 aliphatic rings. The number of carbonyl (C=O) groups excluding carboxylic acids is 1. The molecule has 0 radical (unpaired) electrons. The summed E-state index contributed by atoms with van der Waals surface area (Å²) >= 11 is 13.2. The fourth-order valence-electron chi connectivity index (χ4n) is 3.16. The maximum Gasteiger partial charge on any atom is 0.244 e. The van der Waals surface area contributed by atoms with Crippen molar-refractivity contribution in [2.45, 2.75) is 13.0 Å². The standard InChI is InChI=1S/C24H19Br2ClN2O4/c25-18-9-16(10-19(26)24(18)33-14-17-3-1-2-4-20(17)27)13-28-29-23(30)12-15-5-6-21-22(11-15)32-8-7-31-21/h1-6,9-11,13H,7-8,12,14H2,(H,29,30)/b28-13+. The number of ether oxygens (including phenoxy) is 3. The minimum atomic E-state index is -0.235. The lowest BCUT2D eigenvalue weighted by Crippen LogP contribution is -2.20. The lowest BCUT2D eigenvalue weighted by atomic mass is 10.1. The summed E-state index contributed by atoms with van der Waals surface area (Å²) in [5.41, 5.74) is 5.03. The molecular weight excluding hydrogens is 576 g/mol. The summed E-state index contributed by atoms with van der Waals surface area (Å²) in [6, 6.07) is 16.7. The highest BCUT2D eigenvalue weighted by Gasteiger charge is 2.13. The molecule has 3 aromatic rings. The monoisotopic (exact) mass is 592 g/mol. The number of hydrogen-bond acceptors (Lipinski definition) is 5. The lowest BCUT2D eigenvalue weighted by molar-refractivity contribution is -0.120. The highest BCUT2D eigenvalue weighted by atomic mass is 79.9. The number of rotatable bonds is 7. The van der Waals surface area contributed by atoms with Crippen molar-refractivity contribution in [2.24, 2.45) is 5.10 Å². The molecule has 0 spiro atoms. The Labute approximate surface area is 213 Å². The van der Waals surface area contributed by atoms with Gasteiger partial charge in [-0.3, -0.25) is 4.79 Å². The Morgan fingerprint density at radius 2 is 1.79 bits per heavy atom. The van der Waals surface area contributed by atoms with E-state index < -0.39 is 0 Å². The first-order valence-electron chi connectivity index (χ1n) is 10.1. The molecule has 0 saturated heterocycles. The minimum Gasteiger partial charge on any atom is -0.486 e. The molecule has 0 aliphatic carbocycles. The van der Waals surface area contributed by atoms with Crippen LogP contribution in [0.4, 0.5) is 0 Å². The molecule has 0 fully saturated rings. The van der Waals surface area contributed by atoms with Gasteiger partial charge in [-0.25, -0.2) is 5.43 Å². The van der Waals surface area contributed by atoms with Gasteiger partial charge in [-0.2, -0.15) is 5.10 Å². The second kappa shape index (κ2) is 11.0. The molecule has 0 bridgehead atoms. The van der Waals surface area contributed by atoms with Crippen LogP contribution in [0.2, 0.25) is 5.02 Å². The van der Waals surface area contributed by atoms with Gasteiger partial charge in [-0.1, -0.05) is 35.9 Å². The quantitative estimate of drug-likeness (QED) is 0.273. The molecule has 0 saturated carbocycles. The van der Waals surface area contributed by atoms with Gasteiger partial charge in [0.05, 0.1) is 21.6 Å². The number of hydrogen-bond donors (Lipinski definition) is 1. The molecule has 1 amide bonds. The van der Waals surface area contributed by atoms with E-state index in [2.05, 4.69) is 42.4 Å². The second-order valence-electron chi connectivity index (χ2n) is 7.14. The first-order chi connectivity index (χ1) is 16.0. The van der Waals surface area contributed by atoms with E-state index in [1.165, 1.54) is 0 Å². The van der Waals surface area contributed by atoms with Crippen molar-refractivity contribution < 1.29 is 19.0 Å². The van der Waals surface area contributed by atoms with E-state index in [0.29, 0.717) is 42.1 Å². The van der Waals surface area contributed by atoms with Crippen LogP contribution >= 0.6 is 43.5 Å². The fraction of sp³-hybridized carbons (Fsp3) is 0.167. The molecule has 9 heteroatoms. The number of carbonyl (C=O) groups is 1. The van der Waals surface area contributed by atoms with Gasteiger partial charge in [-0.15, -0.1) is 0 Å². The van der Waals surface area contributed by atoms with Crippen molar-refractivity contribution in [1.29, 1.82) is 0 Å². The van der Waals surface area contributed by atoms with Gasteiger partial charge in [0, 0.05) is 10.6 Å². The maximum atomic E-state index is 12.3. The third-order valence-corrected chi connectivity index (χ3v) is 6.27. The first kappa shape index (κ1) is 23.6. The first-order valence-corrected chi connectivity index (χ1v) is 12.0. The number of hydrazone groups is 1. The van der Waals surface area contributed by atoms with Gasteiger partial charge >= 0.3 is 0 Å². The van der Waals surface area contributed by atoms with Crippen molar-refractivity contribution in [2.75, 3.05) is 13.2 Å². The van der Waals surface area contributed by atoms with Crippen LogP contribution in [0.5, 0.6) is 17.2 Å². The van der Waals surface area contributed by atoms with Gasteiger partial charge in [0.2, 0.25) is 5.91 Å². The van der Waals surface area contributed by atoms with Crippen LogP contribution in [0, 0.1) is 0 Å². The van der Waals surface area contributed by atoms with E-state index >= 15 is 0 Å². The number of benzene rings is 3. The maximum absolute atomic E-state index is 12.3. The molecule has 0 aromatic heterocycles. The SMILES string of the molecule is O=C(Cc1ccc2c(c1)OCCO2)N/N=C/c1cc(Br)c(OCc2ccccc2Cl)c(Br)c1. The van der Waals surface area contributed by atoms with Gasteiger partial charge in [0.1, 0.15) is 25.6 Å². The summed E-state index contributed by atoms with van der Waals surface area (Å²) in [5.74, 6) is 1.76. The Hall–Kier alpha value is -2.55. The third-order valence-electron chi connectivity index (χ3n) is 4.72. The molecule has 33 heavy (non-hydrogen) atoms. The normalized spacial score (nSPS) is 12.6. The van der Waals surface area contributed by atoms with E-state index in [-0.39, 0.29) is 12.3 Å². The van der Waals surface area contributed by atoms with Crippen LogP contribution in [-0.4, -0.2) is 25.3 Å². The highest BCUT2D eigenvalue weighted by molar-refractivity contribution is 9.11. The molecule has 0 atom stereocenters. The number of halogens is 3. The smallest absolute Gasteiger partial charge is 0.244 e. The Kier molecular flexibility index (Phi) is 7.90. The zero-order chi connectivity index (χ0) is 23.2. The molecule has 1 aliphatic heterocycles. The summed E-state index contributed by atoms with van der Waals surface area (Å²) in [6.07, 6.45) is 1.74. The van der Waals surface area contributed by atoms with Crippen LogP contribution in [0.15, 0.2) is 68.6 Å². The van der Waals surface area contributed by atoms with E-state index in [9.17, 15) is 4.79 Å². The third kappa shape index (κ3) is 6.28. The van der Waals surface area contributed by atoms with E-state index in [0.717, 1.165) is 25.6 Å². The average Bonchev–Trinajstić information content (AvgIpc) is 2.79. The average molecular weight is 595 g/mol. The lowest BCUT2D eigenvalue weighted by Gasteiger charge is -2.18. The van der Waals surface area contributed by atoms with Crippen LogP contribution in [0.3, 0.4) is 0 Å². The molecule has 3 aromatic carbocycles. The van der Waals surface area contributed by atoms with Crippen LogP contribution in [0.25, 0.3) is 0 Å². The number of amides is 1. The minimum absolute atomic E-state index is 0.177. The van der Waals surface area contributed by atoms with Crippen molar-refractivity contribution in [3.05, 3.63) is 85.3 Å². The molecule has 6 nitrogen and oxygen atoms in total. The van der Waals surface area contributed by atoms with Crippen LogP contribution in [-0.2, 0) is 17.8 Å². The highest BCUT2D eigenvalue weighted by Crippen LogP contribution is 2.35.